The quantitative estimate of drug-likeness (QED) is 0.572. The molecule has 6 rings (SSSR count). The van der Waals surface area contributed by atoms with Crippen LogP contribution in [0.2, 0.25) is 5.02 Å². The Labute approximate surface area is 190 Å². The third-order valence-corrected chi connectivity index (χ3v) is 7.42. The van der Waals surface area contributed by atoms with Crippen LogP contribution in [0.4, 0.5) is 5.69 Å². The number of carbonyl (C=O) groups is 2. The van der Waals surface area contributed by atoms with E-state index < -0.39 is 5.54 Å². The van der Waals surface area contributed by atoms with Gasteiger partial charge in [0.15, 0.2) is 0 Å². The Balaban J connectivity index is 1.64. The van der Waals surface area contributed by atoms with Gasteiger partial charge in [0.25, 0.3) is 11.8 Å². The van der Waals surface area contributed by atoms with Gasteiger partial charge in [0, 0.05) is 22.4 Å². The van der Waals surface area contributed by atoms with E-state index in [0.717, 1.165) is 11.1 Å². The summed E-state index contributed by atoms with van der Waals surface area (Å²) in [5, 5.41) is 3.62. The van der Waals surface area contributed by atoms with Crippen molar-refractivity contribution in [1.82, 2.24) is 4.90 Å². The Hall–Kier alpha value is -3.31. The van der Waals surface area contributed by atoms with Gasteiger partial charge in [-0.15, -0.1) is 0 Å². The van der Waals surface area contributed by atoms with Crippen LogP contribution >= 0.6 is 11.6 Å². The number of benzene rings is 3. The Morgan fingerprint density at radius 3 is 2.59 bits per heavy atom. The second-order valence-electron chi connectivity index (χ2n) is 8.81. The molecule has 0 aromatic heterocycles. The lowest BCUT2D eigenvalue weighted by Gasteiger charge is -2.38. The maximum absolute atomic E-state index is 14.1. The van der Waals surface area contributed by atoms with E-state index in [0.29, 0.717) is 28.6 Å². The molecule has 3 aliphatic heterocycles. The van der Waals surface area contributed by atoms with Crippen molar-refractivity contribution < 1.29 is 14.3 Å². The highest BCUT2D eigenvalue weighted by Gasteiger charge is 2.65. The van der Waals surface area contributed by atoms with Gasteiger partial charge in [0.05, 0.1) is 23.9 Å². The minimum Gasteiger partial charge on any atom is -0.493 e. The number of carbonyl (C=O) groups excluding carboxylic acids is 2. The van der Waals surface area contributed by atoms with Crippen LogP contribution in [-0.4, -0.2) is 28.9 Å². The number of rotatable bonds is 1. The minimum atomic E-state index is -1.11. The Bertz CT molecular complexity index is 1260. The number of para-hydroxylation sites is 1. The van der Waals surface area contributed by atoms with Crippen molar-refractivity contribution in [3.63, 3.8) is 0 Å². The van der Waals surface area contributed by atoms with E-state index in [1.54, 1.807) is 23.1 Å². The summed E-state index contributed by atoms with van der Waals surface area (Å²) in [6.45, 7) is 2.29. The van der Waals surface area contributed by atoms with Gasteiger partial charge < -0.3 is 15.0 Å². The van der Waals surface area contributed by atoms with E-state index >= 15 is 0 Å². The first-order valence-electron chi connectivity index (χ1n) is 10.7. The second kappa shape index (κ2) is 6.84. The molecule has 0 aliphatic carbocycles. The average Bonchev–Trinajstić information content (AvgIpc) is 3.05. The molecule has 6 heteroatoms. The van der Waals surface area contributed by atoms with Gasteiger partial charge in [-0.2, -0.15) is 0 Å². The predicted molar refractivity (Wildman–Crippen MR) is 122 cm³/mol. The van der Waals surface area contributed by atoms with E-state index in [9.17, 15) is 9.59 Å². The van der Waals surface area contributed by atoms with Gasteiger partial charge in [-0.3, -0.25) is 9.59 Å². The number of hydrogen-bond acceptors (Lipinski definition) is 3. The van der Waals surface area contributed by atoms with Gasteiger partial charge in [0.2, 0.25) is 0 Å². The largest absolute Gasteiger partial charge is 0.493 e. The molecule has 32 heavy (non-hydrogen) atoms. The van der Waals surface area contributed by atoms with Gasteiger partial charge in [0.1, 0.15) is 11.3 Å². The molecule has 3 aromatic carbocycles. The van der Waals surface area contributed by atoms with Crippen LogP contribution in [-0.2, 0) is 4.79 Å². The first-order chi connectivity index (χ1) is 15.5. The Kier molecular flexibility index (Phi) is 4.14. The highest BCUT2D eigenvalue weighted by Crippen LogP contribution is 2.60. The van der Waals surface area contributed by atoms with Crippen molar-refractivity contribution in [3.05, 3.63) is 94.5 Å². The minimum absolute atomic E-state index is 0.103. The van der Waals surface area contributed by atoms with Crippen molar-refractivity contribution in [2.24, 2.45) is 5.92 Å². The van der Waals surface area contributed by atoms with Gasteiger partial charge >= 0.3 is 0 Å². The third-order valence-electron chi connectivity index (χ3n) is 7.18. The molecule has 0 saturated carbocycles. The molecule has 3 heterocycles. The Morgan fingerprint density at radius 2 is 1.78 bits per heavy atom. The Morgan fingerprint density at radius 1 is 1.03 bits per heavy atom. The van der Waals surface area contributed by atoms with E-state index in [-0.39, 0.29) is 29.7 Å². The summed E-state index contributed by atoms with van der Waals surface area (Å²) in [6.07, 6.45) is 0. The fourth-order valence-electron chi connectivity index (χ4n) is 5.83. The van der Waals surface area contributed by atoms with E-state index in [1.807, 2.05) is 61.5 Å². The molecular weight excluding hydrogens is 424 g/mol. The zero-order valence-electron chi connectivity index (χ0n) is 17.4. The topological polar surface area (TPSA) is 58.6 Å². The second-order valence-corrected chi connectivity index (χ2v) is 9.25. The van der Waals surface area contributed by atoms with Crippen LogP contribution in [0.15, 0.2) is 72.8 Å². The molecule has 1 fully saturated rings. The standard InChI is InChI=1S/C26H21ClN2O3/c1-26-22(15-7-3-2-4-8-15)19-14-32-21-12-11-16(27)13-18(21)23(19)29(26)24(30)17-9-5-6-10-20(17)28-25(26)31/h2-13,19,22-23H,14H2,1H3,(H,28,31)/t19?,22?,23?,26-/m1/s1. The van der Waals surface area contributed by atoms with E-state index in [1.165, 1.54) is 0 Å². The smallest absolute Gasteiger partial charge is 0.257 e. The van der Waals surface area contributed by atoms with Crippen molar-refractivity contribution in [2.75, 3.05) is 11.9 Å². The number of nitrogens with one attached hydrogen (secondary N) is 1. The van der Waals surface area contributed by atoms with Crippen LogP contribution < -0.4 is 10.1 Å². The van der Waals surface area contributed by atoms with Crippen molar-refractivity contribution >= 4 is 29.1 Å². The SMILES string of the molecule is C[C@@]12C(=O)Nc3ccccc3C(=O)N1C1c3cc(Cl)ccc3OCC1C2c1ccccc1. The molecule has 3 aliphatic rings. The van der Waals surface area contributed by atoms with Gasteiger partial charge in [-0.05, 0) is 42.8 Å². The number of amides is 2. The molecule has 1 N–H and O–H groups in total. The summed E-state index contributed by atoms with van der Waals surface area (Å²) in [5.41, 5.74) is 1.78. The molecule has 3 unspecified atom stereocenters. The maximum Gasteiger partial charge on any atom is 0.257 e. The van der Waals surface area contributed by atoms with Crippen LogP contribution in [0.3, 0.4) is 0 Å². The normalized spacial score (nSPS) is 27.9. The molecule has 1 saturated heterocycles. The molecule has 0 radical (unpaired) electrons. The van der Waals surface area contributed by atoms with E-state index in [2.05, 4.69) is 5.32 Å². The summed E-state index contributed by atoms with van der Waals surface area (Å²) in [7, 11) is 0. The first-order valence-corrected chi connectivity index (χ1v) is 11.1. The lowest BCUT2D eigenvalue weighted by Crippen LogP contribution is -2.54. The molecule has 4 atom stereocenters. The maximum atomic E-state index is 14.1. The summed E-state index contributed by atoms with van der Waals surface area (Å²) in [6, 6.07) is 22.3. The van der Waals surface area contributed by atoms with E-state index in [4.69, 9.17) is 16.3 Å². The third kappa shape index (κ3) is 2.51. The van der Waals surface area contributed by atoms with Crippen molar-refractivity contribution in [2.45, 2.75) is 24.4 Å². The summed E-state index contributed by atoms with van der Waals surface area (Å²) in [5.74, 6) is -0.00443. The zero-order chi connectivity index (χ0) is 22.0. The predicted octanol–water partition coefficient (Wildman–Crippen LogP) is 5.04. The summed E-state index contributed by atoms with van der Waals surface area (Å²) < 4.78 is 6.14. The zero-order valence-corrected chi connectivity index (χ0v) is 18.2. The molecule has 3 aromatic rings. The summed E-state index contributed by atoms with van der Waals surface area (Å²) in [4.78, 5) is 29.7. The number of halogens is 1. The molecule has 2 amide bonds. The fraction of sp³-hybridized carbons (Fsp3) is 0.231. The number of ether oxygens (including phenoxy) is 1. The average molecular weight is 445 g/mol. The molecule has 5 nitrogen and oxygen atoms in total. The highest BCUT2D eigenvalue weighted by molar-refractivity contribution is 6.30. The number of fused-ring (bicyclic) bond motifs is 6. The van der Waals surface area contributed by atoms with Crippen molar-refractivity contribution in [3.8, 4) is 5.75 Å². The lowest BCUT2D eigenvalue weighted by molar-refractivity contribution is -0.125. The fourth-order valence-corrected chi connectivity index (χ4v) is 6.01. The van der Waals surface area contributed by atoms with Crippen LogP contribution in [0.5, 0.6) is 5.75 Å². The van der Waals surface area contributed by atoms with Crippen molar-refractivity contribution in [1.29, 1.82) is 0 Å². The first kappa shape index (κ1) is 19.4. The molecule has 0 spiro atoms. The lowest BCUT2D eigenvalue weighted by atomic mass is 9.73. The highest BCUT2D eigenvalue weighted by atomic mass is 35.5. The van der Waals surface area contributed by atoms with Gasteiger partial charge in [-0.25, -0.2) is 0 Å². The molecule has 160 valence electrons. The number of anilines is 1. The van der Waals surface area contributed by atoms with Crippen LogP contribution in [0.25, 0.3) is 0 Å². The van der Waals surface area contributed by atoms with Crippen LogP contribution in [0, 0.1) is 5.92 Å². The van der Waals surface area contributed by atoms with Crippen LogP contribution in [0.1, 0.15) is 40.4 Å². The summed E-state index contributed by atoms with van der Waals surface area (Å²) >= 11 is 6.37. The molecule has 0 bridgehead atoms. The molecular formula is C26H21ClN2O3. The number of hydrogen-bond donors (Lipinski definition) is 1. The monoisotopic (exact) mass is 444 g/mol. The van der Waals surface area contributed by atoms with Gasteiger partial charge in [-0.1, -0.05) is 54.1 Å². The number of nitrogens with zero attached hydrogens (tertiary/aromatic N) is 1.